The van der Waals surface area contributed by atoms with Crippen LogP contribution in [0.25, 0.3) is 0 Å². The van der Waals surface area contributed by atoms with Crippen LogP contribution >= 0.6 is 0 Å². The molecule has 0 fully saturated rings. The maximum atomic E-state index is 11.9. The second kappa shape index (κ2) is 6.20. The van der Waals surface area contributed by atoms with Crippen LogP contribution in [-0.2, 0) is 0 Å². The third-order valence-corrected chi connectivity index (χ3v) is 3.03. The highest BCUT2D eigenvalue weighted by Gasteiger charge is 2.14. The summed E-state index contributed by atoms with van der Waals surface area (Å²) in [4.78, 5) is 15.9. The molecule has 0 aliphatic rings. The van der Waals surface area contributed by atoms with Gasteiger partial charge in [0.15, 0.2) is 0 Å². The molecule has 2 unspecified atom stereocenters. The Hall–Kier alpha value is -1.62. The third kappa shape index (κ3) is 3.71. The van der Waals surface area contributed by atoms with Gasteiger partial charge in [0.05, 0.1) is 0 Å². The van der Waals surface area contributed by atoms with Crippen LogP contribution in [0.15, 0.2) is 18.3 Å². The number of aromatic nitrogens is 1. The lowest BCUT2D eigenvalue weighted by atomic mass is 10.0. The minimum absolute atomic E-state index is 0.100. The van der Waals surface area contributed by atoms with E-state index in [0.717, 1.165) is 6.42 Å². The highest BCUT2D eigenvalue weighted by Crippen LogP contribution is 2.09. The summed E-state index contributed by atoms with van der Waals surface area (Å²) >= 11 is 0. The topological polar surface area (TPSA) is 80.0 Å². The van der Waals surface area contributed by atoms with Crippen molar-refractivity contribution in [1.29, 1.82) is 0 Å². The van der Waals surface area contributed by atoms with Gasteiger partial charge in [0.1, 0.15) is 5.82 Å². The zero-order chi connectivity index (χ0) is 12.8. The summed E-state index contributed by atoms with van der Waals surface area (Å²) in [7, 11) is 0. The SMILES string of the molecule is CCC(C)C(C)NC(=O)c1ccnc(NN)c1. The van der Waals surface area contributed by atoms with Crippen molar-refractivity contribution in [3.05, 3.63) is 23.9 Å². The monoisotopic (exact) mass is 236 g/mol. The van der Waals surface area contributed by atoms with Gasteiger partial charge in [-0.3, -0.25) is 4.79 Å². The van der Waals surface area contributed by atoms with E-state index in [1.54, 1.807) is 18.3 Å². The number of anilines is 1. The van der Waals surface area contributed by atoms with E-state index >= 15 is 0 Å². The molecular formula is C12H20N4O. The van der Waals surface area contributed by atoms with Gasteiger partial charge in [-0.2, -0.15) is 0 Å². The zero-order valence-corrected chi connectivity index (χ0v) is 10.5. The Kier molecular flexibility index (Phi) is 4.90. The number of nitrogens with zero attached hydrogens (tertiary/aromatic N) is 1. The van der Waals surface area contributed by atoms with Crippen molar-refractivity contribution >= 4 is 11.7 Å². The van der Waals surface area contributed by atoms with Gasteiger partial charge in [-0.15, -0.1) is 0 Å². The normalized spacial score (nSPS) is 13.9. The largest absolute Gasteiger partial charge is 0.349 e. The van der Waals surface area contributed by atoms with E-state index in [-0.39, 0.29) is 11.9 Å². The van der Waals surface area contributed by atoms with E-state index in [4.69, 9.17) is 5.84 Å². The molecule has 0 aliphatic carbocycles. The number of amides is 1. The molecule has 4 N–H and O–H groups in total. The van der Waals surface area contributed by atoms with E-state index in [0.29, 0.717) is 17.3 Å². The smallest absolute Gasteiger partial charge is 0.251 e. The fourth-order valence-electron chi connectivity index (χ4n) is 1.44. The van der Waals surface area contributed by atoms with Gasteiger partial charge in [-0.05, 0) is 25.0 Å². The molecule has 1 amide bonds. The van der Waals surface area contributed by atoms with Crippen LogP contribution in [0.2, 0.25) is 0 Å². The van der Waals surface area contributed by atoms with Crippen molar-refractivity contribution in [3.63, 3.8) is 0 Å². The summed E-state index contributed by atoms with van der Waals surface area (Å²) in [5.41, 5.74) is 2.98. The molecule has 0 spiro atoms. The van der Waals surface area contributed by atoms with Crippen LogP contribution in [0, 0.1) is 5.92 Å². The number of hydrogen-bond acceptors (Lipinski definition) is 4. The molecule has 5 nitrogen and oxygen atoms in total. The van der Waals surface area contributed by atoms with E-state index in [2.05, 4.69) is 29.6 Å². The standard InChI is InChI=1S/C12H20N4O/c1-4-8(2)9(3)15-12(17)10-5-6-14-11(7-10)16-13/h5-9H,4,13H2,1-3H3,(H,14,16)(H,15,17). The molecule has 0 saturated heterocycles. The molecule has 17 heavy (non-hydrogen) atoms. The minimum Gasteiger partial charge on any atom is -0.349 e. The summed E-state index contributed by atoms with van der Waals surface area (Å²) in [6, 6.07) is 3.44. The maximum Gasteiger partial charge on any atom is 0.251 e. The fraction of sp³-hybridized carbons (Fsp3) is 0.500. The highest BCUT2D eigenvalue weighted by molar-refractivity contribution is 5.94. The summed E-state index contributed by atoms with van der Waals surface area (Å²) < 4.78 is 0. The maximum absolute atomic E-state index is 11.9. The molecule has 0 bridgehead atoms. The molecule has 0 saturated carbocycles. The Labute approximate surface area is 102 Å². The van der Waals surface area contributed by atoms with Gasteiger partial charge in [-0.25, -0.2) is 10.8 Å². The van der Waals surface area contributed by atoms with Crippen molar-refractivity contribution in [2.24, 2.45) is 11.8 Å². The van der Waals surface area contributed by atoms with E-state index in [1.165, 1.54) is 0 Å². The number of nitrogen functional groups attached to an aromatic ring is 1. The van der Waals surface area contributed by atoms with Crippen molar-refractivity contribution in [2.45, 2.75) is 33.2 Å². The first-order valence-corrected chi connectivity index (χ1v) is 5.82. The predicted molar refractivity (Wildman–Crippen MR) is 68.4 cm³/mol. The Morgan fingerprint density at radius 1 is 1.53 bits per heavy atom. The number of carbonyl (C=O) groups is 1. The number of hydrogen-bond donors (Lipinski definition) is 3. The lowest BCUT2D eigenvalue weighted by Gasteiger charge is -2.19. The molecule has 1 heterocycles. The van der Waals surface area contributed by atoms with Crippen LogP contribution in [0.1, 0.15) is 37.6 Å². The predicted octanol–water partition coefficient (Wildman–Crippen LogP) is 1.53. The van der Waals surface area contributed by atoms with Gasteiger partial charge in [0.2, 0.25) is 0 Å². The minimum atomic E-state index is -0.100. The number of rotatable bonds is 5. The van der Waals surface area contributed by atoms with Gasteiger partial charge < -0.3 is 10.7 Å². The van der Waals surface area contributed by atoms with E-state index in [1.807, 2.05) is 6.92 Å². The number of nitrogens with two attached hydrogens (primary N) is 1. The first kappa shape index (κ1) is 13.4. The van der Waals surface area contributed by atoms with Crippen LogP contribution in [0.5, 0.6) is 0 Å². The first-order valence-electron chi connectivity index (χ1n) is 5.82. The van der Waals surface area contributed by atoms with E-state index < -0.39 is 0 Å². The Morgan fingerprint density at radius 3 is 2.82 bits per heavy atom. The van der Waals surface area contributed by atoms with Gasteiger partial charge >= 0.3 is 0 Å². The summed E-state index contributed by atoms with van der Waals surface area (Å²) in [6.45, 7) is 6.23. The van der Waals surface area contributed by atoms with Crippen LogP contribution < -0.4 is 16.6 Å². The Morgan fingerprint density at radius 2 is 2.24 bits per heavy atom. The number of nitrogens with one attached hydrogen (secondary N) is 2. The average molecular weight is 236 g/mol. The quantitative estimate of drug-likeness (QED) is 0.535. The molecule has 1 aromatic rings. The van der Waals surface area contributed by atoms with Gasteiger partial charge in [-0.1, -0.05) is 20.3 Å². The second-order valence-electron chi connectivity index (χ2n) is 4.22. The molecule has 0 aliphatic heterocycles. The van der Waals surface area contributed by atoms with Crippen molar-refractivity contribution in [1.82, 2.24) is 10.3 Å². The average Bonchev–Trinajstić information content (AvgIpc) is 2.37. The molecule has 1 rings (SSSR count). The van der Waals surface area contributed by atoms with Crippen molar-refractivity contribution < 1.29 is 4.79 Å². The fourth-order valence-corrected chi connectivity index (χ4v) is 1.44. The van der Waals surface area contributed by atoms with Gasteiger partial charge in [0, 0.05) is 17.8 Å². The molecule has 2 atom stereocenters. The summed E-state index contributed by atoms with van der Waals surface area (Å²) in [5.74, 6) is 6.08. The van der Waals surface area contributed by atoms with Crippen LogP contribution in [0.4, 0.5) is 5.82 Å². The van der Waals surface area contributed by atoms with Crippen molar-refractivity contribution in [2.75, 3.05) is 5.43 Å². The zero-order valence-electron chi connectivity index (χ0n) is 10.5. The highest BCUT2D eigenvalue weighted by atomic mass is 16.1. The van der Waals surface area contributed by atoms with Crippen molar-refractivity contribution in [3.8, 4) is 0 Å². The third-order valence-electron chi connectivity index (χ3n) is 3.03. The molecule has 94 valence electrons. The molecule has 0 radical (unpaired) electrons. The molecular weight excluding hydrogens is 216 g/mol. The number of hydrazine groups is 1. The summed E-state index contributed by atoms with van der Waals surface area (Å²) in [6.07, 6.45) is 2.59. The van der Waals surface area contributed by atoms with Gasteiger partial charge in [0.25, 0.3) is 5.91 Å². The molecule has 5 heteroatoms. The van der Waals surface area contributed by atoms with Crippen LogP contribution in [0.3, 0.4) is 0 Å². The lowest BCUT2D eigenvalue weighted by Crippen LogP contribution is -2.36. The lowest BCUT2D eigenvalue weighted by molar-refractivity contribution is 0.0928. The first-order chi connectivity index (χ1) is 8.08. The Balaban J connectivity index is 2.69. The van der Waals surface area contributed by atoms with Crippen LogP contribution in [-0.4, -0.2) is 16.9 Å². The molecule has 0 aromatic carbocycles. The Bertz CT molecular complexity index is 381. The number of carbonyl (C=O) groups excluding carboxylic acids is 1. The van der Waals surface area contributed by atoms with E-state index in [9.17, 15) is 4.79 Å². The second-order valence-corrected chi connectivity index (χ2v) is 4.22. The molecule has 1 aromatic heterocycles. The summed E-state index contributed by atoms with van der Waals surface area (Å²) in [5, 5.41) is 2.96. The number of pyridine rings is 1.